The predicted molar refractivity (Wildman–Crippen MR) is 83.4 cm³/mol. The van der Waals surface area contributed by atoms with Crippen LogP contribution < -0.4 is 5.32 Å². The maximum atomic E-state index is 12.5. The smallest absolute Gasteiger partial charge is 0.256 e. The average Bonchev–Trinajstić information content (AvgIpc) is 3.06. The van der Waals surface area contributed by atoms with Crippen LogP contribution in [0.2, 0.25) is 0 Å². The molecule has 1 aliphatic carbocycles. The number of para-hydroxylation sites is 1. The molecule has 0 saturated heterocycles. The second-order valence-electron chi connectivity index (χ2n) is 5.47. The molecule has 4 rings (SSSR count). The Morgan fingerprint density at radius 1 is 1.09 bits per heavy atom. The quantitative estimate of drug-likeness (QED) is 0.803. The maximum absolute atomic E-state index is 12.5. The van der Waals surface area contributed by atoms with Gasteiger partial charge in [-0.3, -0.25) is 4.79 Å². The van der Waals surface area contributed by atoms with E-state index in [0.717, 1.165) is 24.3 Å². The zero-order valence-electron chi connectivity index (χ0n) is 12.0. The van der Waals surface area contributed by atoms with E-state index in [1.807, 2.05) is 59.4 Å². The van der Waals surface area contributed by atoms with Crippen LogP contribution >= 0.6 is 0 Å². The highest BCUT2D eigenvalue weighted by atomic mass is 16.1. The molecule has 1 aromatic carbocycles. The van der Waals surface area contributed by atoms with Gasteiger partial charge in [0.25, 0.3) is 5.91 Å². The van der Waals surface area contributed by atoms with Crippen molar-refractivity contribution in [3.05, 3.63) is 66.6 Å². The molecule has 0 atom stereocenters. The molecule has 3 aromatic rings. The summed E-state index contributed by atoms with van der Waals surface area (Å²) >= 11 is 0. The third kappa shape index (κ3) is 2.30. The lowest BCUT2D eigenvalue weighted by atomic mass is 10.2. The van der Waals surface area contributed by atoms with E-state index < -0.39 is 0 Å². The SMILES string of the molecule is O=C(NC1CC1)c1cnn(-c2ccccc2)c1-n1cccc1. The Morgan fingerprint density at radius 2 is 1.82 bits per heavy atom. The Balaban J connectivity index is 1.82. The summed E-state index contributed by atoms with van der Waals surface area (Å²) < 4.78 is 3.71. The Kier molecular flexibility index (Phi) is 3.04. The highest BCUT2D eigenvalue weighted by Gasteiger charge is 2.27. The molecule has 0 unspecified atom stereocenters. The minimum absolute atomic E-state index is 0.0617. The van der Waals surface area contributed by atoms with Crippen LogP contribution in [0.25, 0.3) is 11.5 Å². The average molecular weight is 292 g/mol. The van der Waals surface area contributed by atoms with Crippen molar-refractivity contribution in [2.75, 3.05) is 0 Å². The minimum atomic E-state index is -0.0617. The van der Waals surface area contributed by atoms with E-state index in [1.54, 1.807) is 10.9 Å². The molecule has 1 amide bonds. The summed E-state index contributed by atoms with van der Waals surface area (Å²) in [7, 11) is 0. The van der Waals surface area contributed by atoms with Gasteiger partial charge in [-0.25, -0.2) is 4.68 Å². The first kappa shape index (κ1) is 12.9. The fraction of sp³-hybridized carbons (Fsp3) is 0.176. The van der Waals surface area contributed by atoms with Gasteiger partial charge >= 0.3 is 0 Å². The van der Waals surface area contributed by atoms with Gasteiger partial charge in [-0.05, 0) is 37.1 Å². The molecule has 0 radical (unpaired) electrons. The highest BCUT2D eigenvalue weighted by molar-refractivity contribution is 5.97. The first-order valence-electron chi connectivity index (χ1n) is 7.40. The molecule has 1 fully saturated rings. The monoisotopic (exact) mass is 292 g/mol. The fourth-order valence-electron chi connectivity index (χ4n) is 2.48. The number of amides is 1. The highest BCUT2D eigenvalue weighted by Crippen LogP contribution is 2.23. The van der Waals surface area contributed by atoms with Gasteiger partial charge in [-0.1, -0.05) is 18.2 Å². The molecule has 5 heteroatoms. The zero-order valence-corrected chi connectivity index (χ0v) is 12.0. The summed E-state index contributed by atoms with van der Waals surface area (Å²) in [5.74, 6) is 0.697. The number of nitrogens with one attached hydrogen (secondary N) is 1. The minimum Gasteiger partial charge on any atom is -0.349 e. The molecule has 2 heterocycles. The lowest BCUT2D eigenvalue weighted by Crippen LogP contribution is -2.26. The third-order valence-electron chi connectivity index (χ3n) is 3.75. The second-order valence-corrected chi connectivity index (χ2v) is 5.47. The van der Waals surface area contributed by atoms with Crippen molar-refractivity contribution >= 4 is 5.91 Å². The normalized spacial score (nSPS) is 14.0. The molecule has 1 N–H and O–H groups in total. The zero-order chi connectivity index (χ0) is 14.9. The molecular weight excluding hydrogens is 276 g/mol. The number of hydrogen-bond donors (Lipinski definition) is 1. The van der Waals surface area contributed by atoms with Gasteiger partial charge in [0.2, 0.25) is 0 Å². The van der Waals surface area contributed by atoms with Crippen LogP contribution in [-0.2, 0) is 0 Å². The van der Waals surface area contributed by atoms with Gasteiger partial charge in [0, 0.05) is 18.4 Å². The van der Waals surface area contributed by atoms with Gasteiger partial charge in [-0.2, -0.15) is 5.10 Å². The van der Waals surface area contributed by atoms with Gasteiger partial charge in [0.15, 0.2) is 5.82 Å². The van der Waals surface area contributed by atoms with Gasteiger partial charge < -0.3 is 9.88 Å². The van der Waals surface area contributed by atoms with Crippen LogP contribution in [0.5, 0.6) is 0 Å². The van der Waals surface area contributed by atoms with E-state index in [1.165, 1.54) is 0 Å². The Bertz CT molecular complexity index is 785. The van der Waals surface area contributed by atoms with Gasteiger partial charge in [0.05, 0.1) is 11.9 Å². The van der Waals surface area contributed by atoms with Crippen LogP contribution in [0.3, 0.4) is 0 Å². The molecule has 0 aliphatic heterocycles. The lowest BCUT2D eigenvalue weighted by molar-refractivity contribution is 0.0951. The van der Waals surface area contributed by atoms with E-state index in [4.69, 9.17) is 0 Å². The van der Waals surface area contributed by atoms with Gasteiger partial charge in [0.1, 0.15) is 5.56 Å². The number of carbonyl (C=O) groups is 1. The van der Waals surface area contributed by atoms with E-state index in [-0.39, 0.29) is 5.91 Å². The summed E-state index contributed by atoms with van der Waals surface area (Å²) in [5, 5.41) is 7.46. The summed E-state index contributed by atoms with van der Waals surface area (Å²) in [6.45, 7) is 0. The molecule has 5 nitrogen and oxygen atoms in total. The van der Waals surface area contributed by atoms with Crippen molar-refractivity contribution in [1.82, 2.24) is 19.7 Å². The summed E-state index contributed by atoms with van der Waals surface area (Å²) in [5.41, 5.74) is 1.52. The van der Waals surface area contributed by atoms with Crippen molar-refractivity contribution in [1.29, 1.82) is 0 Å². The molecular formula is C17H16N4O. The van der Waals surface area contributed by atoms with Crippen molar-refractivity contribution < 1.29 is 4.79 Å². The first-order chi connectivity index (χ1) is 10.8. The standard InChI is InChI=1S/C17H16N4O/c22-16(19-13-8-9-13)15-12-18-21(14-6-2-1-3-7-14)17(15)20-10-4-5-11-20/h1-7,10-13H,8-9H2,(H,19,22). The number of rotatable bonds is 4. The molecule has 2 aromatic heterocycles. The van der Waals surface area contributed by atoms with Crippen LogP contribution in [0, 0.1) is 0 Å². The summed E-state index contributed by atoms with van der Waals surface area (Å²) in [4.78, 5) is 12.5. The summed E-state index contributed by atoms with van der Waals surface area (Å²) in [6, 6.07) is 14.0. The van der Waals surface area contributed by atoms with E-state index in [2.05, 4.69) is 10.4 Å². The lowest BCUT2D eigenvalue weighted by Gasteiger charge is -2.11. The van der Waals surface area contributed by atoms with E-state index in [9.17, 15) is 4.79 Å². The van der Waals surface area contributed by atoms with E-state index >= 15 is 0 Å². The van der Waals surface area contributed by atoms with Crippen LogP contribution in [-0.4, -0.2) is 26.3 Å². The Hall–Kier alpha value is -2.82. The Morgan fingerprint density at radius 3 is 2.50 bits per heavy atom. The first-order valence-corrected chi connectivity index (χ1v) is 7.40. The van der Waals surface area contributed by atoms with Crippen molar-refractivity contribution in [2.24, 2.45) is 0 Å². The molecule has 1 saturated carbocycles. The fourth-order valence-corrected chi connectivity index (χ4v) is 2.48. The van der Waals surface area contributed by atoms with Crippen molar-refractivity contribution in [3.63, 3.8) is 0 Å². The van der Waals surface area contributed by atoms with Crippen LogP contribution in [0.4, 0.5) is 0 Å². The molecule has 0 bridgehead atoms. The number of nitrogens with zero attached hydrogens (tertiary/aromatic N) is 3. The maximum Gasteiger partial charge on any atom is 0.256 e. The predicted octanol–water partition coefficient (Wildman–Crippen LogP) is 2.56. The number of benzene rings is 1. The largest absolute Gasteiger partial charge is 0.349 e. The van der Waals surface area contributed by atoms with Crippen LogP contribution in [0.1, 0.15) is 23.2 Å². The number of carbonyl (C=O) groups excluding carboxylic acids is 1. The molecule has 1 aliphatic rings. The van der Waals surface area contributed by atoms with Crippen molar-refractivity contribution in [3.8, 4) is 11.5 Å². The molecule has 22 heavy (non-hydrogen) atoms. The number of hydrogen-bond acceptors (Lipinski definition) is 2. The summed E-state index contributed by atoms with van der Waals surface area (Å²) in [6.07, 6.45) is 7.61. The van der Waals surface area contributed by atoms with Gasteiger partial charge in [-0.15, -0.1) is 0 Å². The second kappa shape index (κ2) is 5.18. The molecule has 110 valence electrons. The topological polar surface area (TPSA) is 51.9 Å². The Labute approximate surface area is 128 Å². The van der Waals surface area contributed by atoms with Crippen molar-refractivity contribution in [2.45, 2.75) is 18.9 Å². The number of aromatic nitrogens is 3. The molecule has 0 spiro atoms. The van der Waals surface area contributed by atoms with Crippen LogP contribution in [0.15, 0.2) is 61.1 Å². The van der Waals surface area contributed by atoms with E-state index in [0.29, 0.717) is 11.6 Å². The third-order valence-corrected chi connectivity index (χ3v) is 3.75.